The highest BCUT2D eigenvalue weighted by atomic mass is 16.6. The van der Waals surface area contributed by atoms with Crippen molar-refractivity contribution in [3.8, 4) is 0 Å². The number of amides is 1. The molecule has 0 saturated carbocycles. The van der Waals surface area contributed by atoms with Gasteiger partial charge < -0.3 is 19.7 Å². The van der Waals surface area contributed by atoms with E-state index in [2.05, 4.69) is 12.2 Å². The summed E-state index contributed by atoms with van der Waals surface area (Å²) in [7, 11) is 3.45. The largest absolute Gasteiger partial charge is 0.444 e. The molecule has 23 heavy (non-hydrogen) atoms. The van der Waals surface area contributed by atoms with Crippen molar-refractivity contribution in [2.75, 3.05) is 26.1 Å². The molecule has 0 heterocycles. The second-order valence-corrected chi connectivity index (χ2v) is 6.70. The normalized spacial score (nSPS) is 12.6. The smallest absolute Gasteiger partial charge is 0.410 e. The fourth-order valence-corrected chi connectivity index (χ4v) is 2.14. The number of rotatable bonds is 7. The minimum atomic E-state index is -0.491. The Labute approximate surface area is 140 Å². The molecule has 0 spiro atoms. The van der Waals surface area contributed by atoms with Crippen molar-refractivity contribution in [2.24, 2.45) is 0 Å². The first-order chi connectivity index (χ1) is 10.8. The van der Waals surface area contributed by atoms with E-state index in [1.165, 1.54) is 0 Å². The first-order valence-electron chi connectivity index (χ1n) is 8.04. The van der Waals surface area contributed by atoms with E-state index >= 15 is 0 Å². The zero-order chi connectivity index (χ0) is 17.5. The van der Waals surface area contributed by atoms with E-state index in [1.54, 1.807) is 19.1 Å². The minimum Gasteiger partial charge on any atom is -0.444 e. The van der Waals surface area contributed by atoms with Crippen LogP contribution in [0.2, 0.25) is 0 Å². The molecule has 1 N–H and O–H groups in total. The van der Waals surface area contributed by atoms with Gasteiger partial charge in [-0.25, -0.2) is 4.79 Å². The van der Waals surface area contributed by atoms with Crippen LogP contribution in [-0.4, -0.2) is 43.4 Å². The molecule has 0 aromatic heterocycles. The molecular formula is C18H30N2O3. The molecule has 1 rings (SSSR count). The van der Waals surface area contributed by atoms with Crippen molar-refractivity contribution in [3.05, 3.63) is 29.8 Å². The van der Waals surface area contributed by atoms with Gasteiger partial charge in [-0.15, -0.1) is 0 Å². The molecule has 5 heteroatoms. The second kappa shape index (κ2) is 8.77. The fraction of sp³-hybridized carbons (Fsp3) is 0.611. The molecule has 0 radical (unpaired) electrons. The van der Waals surface area contributed by atoms with Gasteiger partial charge in [0.2, 0.25) is 0 Å². The molecule has 0 aliphatic heterocycles. The lowest BCUT2D eigenvalue weighted by Crippen LogP contribution is -2.34. The van der Waals surface area contributed by atoms with Gasteiger partial charge in [0.25, 0.3) is 0 Å². The van der Waals surface area contributed by atoms with Gasteiger partial charge in [0.15, 0.2) is 0 Å². The van der Waals surface area contributed by atoms with E-state index in [-0.39, 0.29) is 12.1 Å². The number of nitrogens with zero attached hydrogens (tertiary/aromatic N) is 1. The van der Waals surface area contributed by atoms with E-state index < -0.39 is 5.60 Å². The van der Waals surface area contributed by atoms with Crippen molar-refractivity contribution < 1.29 is 14.3 Å². The first kappa shape index (κ1) is 19.3. The number of benzene rings is 1. The van der Waals surface area contributed by atoms with Crippen LogP contribution in [0.4, 0.5) is 10.5 Å². The van der Waals surface area contributed by atoms with Crippen LogP contribution in [0.15, 0.2) is 24.3 Å². The number of para-hydroxylation sites is 1. The monoisotopic (exact) mass is 322 g/mol. The molecular weight excluding hydrogens is 292 g/mol. The summed E-state index contributed by atoms with van der Waals surface area (Å²) >= 11 is 0. The summed E-state index contributed by atoms with van der Waals surface area (Å²) in [6, 6.07) is 8.24. The molecule has 5 nitrogen and oxygen atoms in total. The highest BCUT2D eigenvalue weighted by molar-refractivity contribution is 5.68. The van der Waals surface area contributed by atoms with Gasteiger partial charge in [-0.05, 0) is 38.8 Å². The first-order valence-corrected chi connectivity index (χ1v) is 8.04. The summed E-state index contributed by atoms with van der Waals surface area (Å²) in [5, 5.41) is 3.49. The summed E-state index contributed by atoms with van der Waals surface area (Å²) in [6.45, 7) is 8.85. The van der Waals surface area contributed by atoms with E-state index in [1.807, 2.05) is 45.0 Å². The number of hydrogen-bond donors (Lipinski definition) is 1. The van der Waals surface area contributed by atoms with E-state index in [0.717, 1.165) is 17.7 Å². The second-order valence-electron chi connectivity index (χ2n) is 6.70. The Hall–Kier alpha value is -1.75. The molecule has 1 amide bonds. The molecule has 1 aromatic rings. The summed E-state index contributed by atoms with van der Waals surface area (Å²) < 4.78 is 10.6. The predicted octanol–water partition coefficient (Wildman–Crippen LogP) is 3.89. The molecule has 0 fully saturated rings. The Morgan fingerprint density at radius 2 is 1.96 bits per heavy atom. The number of ether oxygens (including phenoxy) is 2. The van der Waals surface area contributed by atoms with Crippen LogP contribution in [0.25, 0.3) is 0 Å². The van der Waals surface area contributed by atoms with Crippen molar-refractivity contribution in [2.45, 2.75) is 52.3 Å². The van der Waals surface area contributed by atoms with Gasteiger partial charge in [-0.3, -0.25) is 0 Å². The quantitative estimate of drug-likeness (QED) is 0.827. The van der Waals surface area contributed by atoms with Crippen LogP contribution in [0.1, 0.15) is 39.7 Å². The summed E-state index contributed by atoms with van der Waals surface area (Å²) in [6.07, 6.45) is 0.639. The van der Waals surface area contributed by atoms with Crippen LogP contribution in [-0.2, 0) is 16.0 Å². The Kier molecular flexibility index (Phi) is 7.36. The van der Waals surface area contributed by atoms with Gasteiger partial charge in [0, 0.05) is 25.9 Å². The fourth-order valence-electron chi connectivity index (χ4n) is 2.14. The number of carbonyl (C=O) groups is 1. The lowest BCUT2D eigenvalue weighted by molar-refractivity contribution is 0.0285. The van der Waals surface area contributed by atoms with Crippen LogP contribution >= 0.6 is 0 Å². The maximum atomic E-state index is 12.1. The highest BCUT2D eigenvalue weighted by Crippen LogP contribution is 2.19. The zero-order valence-electron chi connectivity index (χ0n) is 15.2. The minimum absolute atomic E-state index is 0.244. The molecule has 0 aliphatic rings. The van der Waals surface area contributed by atoms with E-state index in [9.17, 15) is 4.79 Å². The van der Waals surface area contributed by atoms with Gasteiger partial charge in [0.05, 0.1) is 13.2 Å². The Balaban J connectivity index is 2.78. The van der Waals surface area contributed by atoms with Crippen LogP contribution in [0, 0.1) is 0 Å². The number of nitrogens with one attached hydrogen (secondary N) is 1. The summed E-state index contributed by atoms with van der Waals surface area (Å²) in [4.78, 5) is 13.7. The van der Waals surface area contributed by atoms with Crippen molar-refractivity contribution in [1.29, 1.82) is 0 Å². The van der Waals surface area contributed by atoms with Crippen molar-refractivity contribution in [3.63, 3.8) is 0 Å². The zero-order valence-corrected chi connectivity index (χ0v) is 15.2. The van der Waals surface area contributed by atoms with Crippen LogP contribution < -0.4 is 5.32 Å². The molecule has 1 aromatic carbocycles. The third-order valence-corrected chi connectivity index (χ3v) is 3.35. The molecule has 1 unspecified atom stereocenters. The maximum Gasteiger partial charge on any atom is 0.410 e. The Morgan fingerprint density at radius 1 is 1.30 bits per heavy atom. The SMILES string of the molecule is CCC(COC)Nc1ccccc1CN(C)C(=O)OC(C)(C)C. The third-order valence-electron chi connectivity index (χ3n) is 3.35. The molecule has 0 saturated heterocycles. The van der Waals surface area contributed by atoms with Crippen LogP contribution in [0.5, 0.6) is 0 Å². The molecule has 0 aliphatic carbocycles. The number of methoxy groups -OCH3 is 1. The summed E-state index contributed by atoms with van der Waals surface area (Å²) in [5.41, 5.74) is 1.58. The summed E-state index contributed by atoms with van der Waals surface area (Å²) in [5.74, 6) is 0. The van der Waals surface area contributed by atoms with Gasteiger partial charge in [0.1, 0.15) is 5.60 Å². The third kappa shape index (κ3) is 6.91. The van der Waals surface area contributed by atoms with Gasteiger partial charge >= 0.3 is 6.09 Å². The van der Waals surface area contributed by atoms with Crippen LogP contribution in [0.3, 0.4) is 0 Å². The predicted molar refractivity (Wildman–Crippen MR) is 93.7 cm³/mol. The molecule has 0 bridgehead atoms. The number of anilines is 1. The Bertz CT molecular complexity index is 497. The topological polar surface area (TPSA) is 50.8 Å². The lowest BCUT2D eigenvalue weighted by Gasteiger charge is -2.26. The van der Waals surface area contributed by atoms with E-state index in [0.29, 0.717) is 13.2 Å². The lowest BCUT2D eigenvalue weighted by atomic mass is 10.1. The van der Waals surface area contributed by atoms with E-state index in [4.69, 9.17) is 9.47 Å². The average molecular weight is 322 g/mol. The van der Waals surface area contributed by atoms with Crippen molar-refractivity contribution >= 4 is 11.8 Å². The van der Waals surface area contributed by atoms with Gasteiger partial charge in [-0.2, -0.15) is 0 Å². The van der Waals surface area contributed by atoms with Crippen molar-refractivity contribution in [1.82, 2.24) is 4.90 Å². The maximum absolute atomic E-state index is 12.1. The molecule has 130 valence electrons. The van der Waals surface area contributed by atoms with Gasteiger partial charge in [-0.1, -0.05) is 25.1 Å². The highest BCUT2D eigenvalue weighted by Gasteiger charge is 2.20. The standard InChI is InChI=1S/C18H30N2O3/c1-7-15(13-22-6)19-16-11-9-8-10-14(16)12-20(5)17(21)23-18(2,3)4/h8-11,15,19H,7,12-13H2,1-6H3. The average Bonchev–Trinajstić information content (AvgIpc) is 2.46. The number of hydrogen-bond acceptors (Lipinski definition) is 4. The number of carbonyl (C=O) groups excluding carboxylic acids is 1. The molecule has 1 atom stereocenters. The Morgan fingerprint density at radius 3 is 2.52 bits per heavy atom.